The Morgan fingerprint density at radius 2 is 0.459 bits per heavy atom. The maximum Gasteiger partial charge on any atom is 0.343 e. The number of ether oxygens (including phenoxy) is 14. The second-order valence-corrected chi connectivity index (χ2v) is 31.7. The minimum atomic E-state index is -3.20. The van der Waals surface area contributed by atoms with Crippen LogP contribution in [0.5, 0.6) is 201 Å². The second-order valence-electron chi connectivity index (χ2n) is 31.7. The Labute approximate surface area is 799 Å². The van der Waals surface area contributed by atoms with E-state index in [0.717, 1.165) is 0 Å². The van der Waals surface area contributed by atoms with Crippen LogP contribution in [0.15, 0.2) is 72.8 Å². The number of fused-ring (bicyclic) bond motifs is 18. The number of carboxylic acids is 1. The molecule has 6 aliphatic heterocycles. The molecule has 0 amide bonds. The first-order chi connectivity index (χ1) is 68.7. The van der Waals surface area contributed by atoms with Crippen LogP contribution in [0.3, 0.4) is 0 Å². The molecule has 17 rings (SSSR count). The SMILES string of the molecule is O=C(O)c1cc(O)c(O)c(Oc2c(O)c(O)c(O)c3c2C(=O)O[C@H]2[C@@H]4OC(=O)c5cc(O)c(O)c(O)c5-c5c(cc(O)c(O)c5O)C(=O)O[C@H]4[C@H](OC(=O)c4cc(O)c(O)c(Oc5c(O)c(O)c(O)c6c5C(=O)O[C@H]5[C@@H]7OC(=O)c8cc(O)c(O)c(O)c8-c8c(cc(O)c(O)c8O)C(=O)O[C@H]7[C@H](OC(=O)c7cc(O)c(O)c(O)c7)O[C@@H]5COC(=O)c5cc(O)c(O)c(O)c5-6)c4)O[C@@H]2COC(=O)c2cc(O)c(O)c(O)c2-3)c1. The third-order valence-electron chi connectivity index (χ3n) is 23.2. The van der Waals surface area contributed by atoms with Crippen molar-refractivity contribution in [3.8, 4) is 246 Å². The molecule has 11 aromatic carbocycles. The van der Waals surface area contributed by atoms with Gasteiger partial charge in [0.2, 0.25) is 93.8 Å². The summed E-state index contributed by atoms with van der Waals surface area (Å²) in [5.41, 5.74) is -27.6. The van der Waals surface area contributed by atoms with Crippen molar-refractivity contribution in [1.82, 2.24) is 0 Å². The second kappa shape index (κ2) is 34.8. The topological polar surface area (TPSA) is 964 Å². The van der Waals surface area contributed by atoms with E-state index in [-0.39, 0.29) is 48.5 Å². The lowest BCUT2D eigenvalue weighted by atomic mass is 9.90. The first-order valence-electron chi connectivity index (χ1n) is 40.3. The van der Waals surface area contributed by atoms with Gasteiger partial charge in [0.05, 0.1) is 61.2 Å². The van der Waals surface area contributed by atoms with Crippen LogP contribution in [0.1, 0.15) is 114 Å². The number of phenolic OH excluding ortho intramolecular Hbond substituents is 31. The Morgan fingerprint density at radius 1 is 0.226 bits per heavy atom. The minimum Gasteiger partial charge on any atom is -0.504 e. The lowest BCUT2D eigenvalue weighted by Crippen LogP contribution is -2.63. The number of carbonyl (C=O) groups is 11. The highest BCUT2D eigenvalue weighted by Crippen LogP contribution is 2.64. The van der Waals surface area contributed by atoms with E-state index in [4.69, 9.17) is 66.3 Å². The van der Waals surface area contributed by atoms with Gasteiger partial charge in [-0.3, -0.25) is 0 Å². The van der Waals surface area contributed by atoms with Crippen LogP contribution in [-0.4, -0.2) is 304 Å². The lowest BCUT2D eigenvalue weighted by Gasteiger charge is -2.44. The zero-order valence-corrected chi connectivity index (χ0v) is 71.1. The van der Waals surface area contributed by atoms with E-state index < -0.39 is 447 Å². The Bertz CT molecular complexity index is 7720. The molecule has 10 atom stereocenters. The van der Waals surface area contributed by atoms with Crippen molar-refractivity contribution in [3.05, 3.63) is 134 Å². The monoisotopic (exact) mass is 2040 g/mol. The van der Waals surface area contributed by atoms with E-state index in [1.54, 1.807) is 0 Å². The molecular weight excluding hydrogens is 1980 g/mol. The molecule has 0 bridgehead atoms. The van der Waals surface area contributed by atoms with Gasteiger partial charge >= 0.3 is 65.7 Å². The van der Waals surface area contributed by atoms with Crippen LogP contribution < -0.4 is 9.47 Å². The highest BCUT2D eigenvalue weighted by molar-refractivity contribution is 6.15. The van der Waals surface area contributed by atoms with Crippen molar-refractivity contribution in [3.63, 3.8) is 0 Å². The first kappa shape index (κ1) is 96.6. The van der Waals surface area contributed by atoms with Gasteiger partial charge in [0, 0.05) is 33.4 Å². The smallest absolute Gasteiger partial charge is 0.343 e. The molecule has 0 spiro atoms. The van der Waals surface area contributed by atoms with Crippen molar-refractivity contribution < 1.29 is 282 Å². The van der Waals surface area contributed by atoms with E-state index >= 15 is 33.6 Å². The van der Waals surface area contributed by atoms with E-state index in [0.29, 0.717) is 24.3 Å². The maximum absolute atomic E-state index is 16.2. The summed E-state index contributed by atoms with van der Waals surface area (Å²) in [6.07, 6.45) is -29.9. The van der Waals surface area contributed by atoms with Crippen molar-refractivity contribution in [2.75, 3.05) is 13.2 Å². The van der Waals surface area contributed by atoms with Crippen LogP contribution in [0, 0.1) is 0 Å². The van der Waals surface area contributed by atoms with Crippen molar-refractivity contribution in [2.24, 2.45) is 0 Å². The lowest BCUT2D eigenvalue weighted by molar-refractivity contribution is -0.283. The summed E-state index contributed by atoms with van der Waals surface area (Å²) in [6.45, 7) is -3.39. The third-order valence-corrected chi connectivity index (χ3v) is 23.2. The minimum absolute atomic E-state index is 0.117. The highest BCUT2D eigenvalue weighted by atomic mass is 16.8. The number of cyclic esters (lactones) is 2. The van der Waals surface area contributed by atoms with Crippen LogP contribution in [-0.2, 0) is 56.8 Å². The summed E-state index contributed by atoms with van der Waals surface area (Å²) in [5, 5.41) is 360. The van der Waals surface area contributed by atoms with Crippen molar-refractivity contribution in [1.29, 1.82) is 0 Å². The summed E-state index contributed by atoms with van der Waals surface area (Å²) < 4.78 is 80.8. The molecule has 756 valence electrons. The fraction of sp³-hybridized carbons (Fsp3) is 0.135. The van der Waals surface area contributed by atoms with Gasteiger partial charge in [0.1, 0.15) is 36.5 Å². The van der Waals surface area contributed by atoms with Crippen LogP contribution in [0.4, 0.5) is 0 Å². The molecule has 32 N–H and O–H groups in total. The zero-order chi connectivity index (χ0) is 106. The van der Waals surface area contributed by atoms with E-state index in [9.17, 15) is 183 Å². The van der Waals surface area contributed by atoms with Crippen LogP contribution in [0.25, 0.3) is 44.5 Å². The predicted octanol–water partition coefficient (Wildman–Crippen LogP) is 4.60. The summed E-state index contributed by atoms with van der Waals surface area (Å²) in [5.74, 6) is -82.1. The van der Waals surface area contributed by atoms with E-state index in [2.05, 4.69) is 0 Å². The Kier molecular flexibility index (Phi) is 23.0. The van der Waals surface area contributed by atoms with Gasteiger partial charge in [0.25, 0.3) is 0 Å². The van der Waals surface area contributed by atoms with Gasteiger partial charge in [-0.1, -0.05) is 0 Å². The van der Waals surface area contributed by atoms with Gasteiger partial charge in [-0.2, -0.15) is 0 Å². The molecule has 6 heterocycles. The quantitative estimate of drug-likeness (QED) is 0.0533. The molecular formula is C89H58O57. The van der Waals surface area contributed by atoms with E-state index in [1.165, 1.54) is 0 Å². The third kappa shape index (κ3) is 15.4. The molecule has 0 aliphatic carbocycles. The summed E-state index contributed by atoms with van der Waals surface area (Å²) in [4.78, 5) is 165. The fourth-order valence-corrected chi connectivity index (χ4v) is 16.3. The zero-order valence-electron chi connectivity index (χ0n) is 71.1. The maximum atomic E-state index is 16.2. The predicted molar refractivity (Wildman–Crippen MR) is 449 cm³/mol. The molecule has 2 fully saturated rings. The molecule has 6 aliphatic rings. The average molecular weight is 2040 g/mol. The number of carbonyl (C=O) groups excluding carboxylic acids is 10. The fourth-order valence-electron chi connectivity index (χ4n) is 16.3. The number of phenols is 31. The number of rotatable bonds is 9. The number of benzene rings is 11. The summed E-state index contributed by atoms with van der Waals surface area (Å²) >= 11 is 0. The molecule has 57 heteroatoms. The first-order valence-corrected chi connectivity index (χ1v) is 40.3. The normalized spacial score (nSPS) is 19.4. The standard InChI is InChI=1S/C89H58O57/c90-24-2-16(3-25(91)48(24)100)78(123)145-88-75-73(141-82(127)20-9-30(96)51(103)57(109)38(20)40-22(84(129)143-75)11-32(98)53(105)59(40)111)69-36(137-88)13-133-81(126)19-8-29(95)56(108)62(114)43(19)45-47(87(132)140-69)72(68(120)66(118)64(45)116)136-35-6-17(4-27(93)50(35)102)79(124)146-89-76-74(142-83(128)21-10-31(97)52(104)58(110)39(21)41-23(85(130)144-76)12-33(99)54(106)60(41)112)70-37(138-89)14-134-80(125)18-7-28(94)55(107)61(113)42(18)44-46(86(131)139-70)71(67(119)65(117)63(44)115)135-34-5-15(77(121)122)1-26(92)49(34)101/h1-12,36-37,69-70,73-76,88-120H,13-14H2,(H,121,122)/t36-,37-,69-,70-,73+,74+,75-,76-,88+,89+/m1/s1. The summed E-state index contributed by atoms with van der Waals surface area (Å²) in [7, 11) is 0. The van der Waals surface area contributed by atoms with Gasteiger partial charge < -0.3 is 230 Å². The summed E-state index contributed by atoms with van der Waals surface area (Å²) in [6, 6.07) is 3.00. The number of esters is 10. The molecule has 57 nitrogen and oxygen atoms in total. The number of carboxylic acid groups (broad SMARTS) is 1. The van der Waals surface area contributed by atoms with E-state index in [1.807, 2.05) is 0 Å². The molecule has 2 saturated heterocycles. The average Bonchev–Trinajstić information content (AvgIpc) is 1.11. The highest BCUT2D eigenvalue weighted by Gasteiger charge is 2.60. The number of hydrogen-bond acceptors (Lipinski definition) is 56. The largest absolute Gasteiger partial charge is 0.504 e. The number of aromatic carboxylic acids is 1. The Morgan fingerprint density at radius 3 is 0.753 bits per heavy atom. The van der Waals surface area contributed by atoms with Crippen LogP contribution >= 0.6 is 0 Å². The van der Waals surface area contributed by atoms with Gasteiger partial charge in [-0.15, -0.1) is 0 Å². The Hall–Kier alpha value is -21.1. The van der Waals surface area contributed by atoms with Gasteiger partial charge in [-0.25, -0.2) is 52.7 Å². The molecule has 0 saturated carbocycles. The number of hydrogen-bond donors (Lipinski definition) is 32. The Balaban J connectivity index is 0.827. The number of aromatic hydroxyl groups is 31. The van der Waals surface area contributed by atoms with Gasteiger partial charge in [0.15, 0.2) is 157 Å². The van der Waals surface area contributed by atoms with Gasteiger partial charge in [-0.05, 0) is 72.8 Å². The van der Waals surface area contributed by atoms with Crippen molar-refractivity contribution >= 4 is 65.7 Å². The molecule has 146 heavy (non-hydrogen) atoms. The molecule has 11 aromatic rings. The van der Waals surface area contributed by atoms with Crippen molar-refractivity contribution in [2.45, 2.75) is 61.4 Å². The van der Waals surface area contributed by atoms with Crippen LogP contribution in [0.2, 0.25) is 0 Å². The molecule has 0 aromatic heterocycles. The molecule has 0 radical (unpaired) electrons. The molecule has 0 unspecified atom stereocenters.